The number of allylic oxidation sites excluding steroid dienone is 27. The first-order chi connectivity index (χ1) is 26.7. The average molecular weight is 702 g/mol. The highest BCUT2D eigenvalue weighted by atomic mass is 14.8. The Morgan fingerprint density at radius 3 is 2.00 bits per heavy atom. The fourth-order valence-corrected chi connectivity index (χ4v) is 5.91. The molecule has 4 aromatic carbocycles. The van der Waals surface area contributed by atoms with E-state index in [1.54, 1.807) is 0 Å². The maximum absolute atomic E-state index is 3.17. The molecule has 5 rings (SSSR count). The molecule has 0 spiro atoms. The molecular weight excluding hydrogens is 651 g/mol. The van der Waals surface area contributed by atoms with Crippen molar-refractivity contribution < 1.29 is 0 Å². The van der Waals surface area contributed by atoms with E-state index in [4.69, 9.17) is 0 Å². The van der Waals surface area contributed by atoms with E-state index in [0.717, 1.165) is 41.5 Å². The van der Waals surface area contributed by atoms with Crippen LogP contribution in [0.25, 0.3) is 27.1 Å². The summed E-state index contributed by atoms with van der Waals surface area (Å²) in [7, 11) is 1.92. The van der Waals surface area contributed by atoms with Crippen LogP contribution in [0.4, 0.5) is 0 Å². The Morgan fingerprint density at radius 1 is 0.537 bits per heavy atom. The van der Waals surface area contributed by atoms with Crippen LogP contribution in [0.2, 0.25) is 0 Å². The van der Waals surface area contributed by atoms with Crippen LogP contribution in [0.15, 0.2) is 248 Å². The van der Waals surface area contributed by atoms with Crippen LogP contribution in [-0.2, 0) is 6.42 Å². The standard InChI is InChI=1S/C53H51N/c1-3-4-5-6-7-8-13-24-44-25-14-9-10-16-28-47(32-21-20-26-44)49(39-40-54-2)38-37-48(46-29-18-12-19-30-46)31-17-11-15-27-45-35-36-52-42-50-33-22-23-34-51(50)43-53(52)41-45/h4-23,25-26,28-43,54H,3,24,27H2,1-2H3/b5-4-,7-6-,10-9?,13-8+,14-9?,15-11+,16-10?,21-20?,25-14?,26-20?,28-16?,31-17-,32-21?,40-39-,44-25?,44-26?,47-28?,47-32?,48-37+,49-38+. The van der Waals surface area contributed by atoms with Crippen molar-refractivity contribution in [1.82, 2.24) is 5.32 Å². The molecule has 0 saturated carbocycles. The lowest BCUT2D eigenvalue weighted by Gasteiger charge is -2.05. The summed E-state index contributed by atoms with van der Waals surface area (Å²) in [4.78, 5) is 0. The van der Waals surface area contributed by atoms with Gasteiger partial charge in [0.05, 0.1) is 0 Å². The molecule has 1 aliphatic carbocycles. The third-order valence-corrected chi connectivity index (χ3v) is 8.77. The molecule has 0 bridgehead atoms. The molecular formula is C53H51N. The van der Waals surface area contributed by atoms with Gasteiger partial charge in [-0.25, -0.2) is 0 Å². The highest BCUT2D eigenvalue weighted by molar-refractivity contribution is 5.98. The van der Waals surface area contributed by atoms with Crippen LogP contribution < -0.4 is 5.32 Å². The Balaban J connectivity index is 1.35. The molecule has 1 aliphatic rings. The number of nitrogens with one attached hydrogen (secondary N) is 1. The zero-order valence-electron chi connectivity index (χ0n) is 31.6. The quantitative estimate of drug-likeness (QED) is 0.102. The fourth-order valence-electron chi connectivity index (χ4n) is 5.91. The van der Waals surface area contributed by atoms with Crippen LogP contribution >= 0.6 is 0 Å². The molecule has 0 saturated heterocycles. The largest absolute Gasteiger partial charge is 0.394 e. The number of hydrogen-bond donors (Lipinski definition) is 1. The summed E-state index contributed by atoms with van der Waals surface area (Å²) in [6, 6.07) is 30.5. The van der Waals surface area contributed by atoms with Gasteiger partial charge in [-0.15, -0.1) is 0 Å². The van der Waals surface area contributed by atoms with Gasteiger partial charge in [-0.3, -0.25) is 0 Å². The molecule has 1 heteroatoms. The van der Waals surface area contributed by atoms with Crippen LogP contribution in [0.3, 0.4) is 0 Å². The zero-order valence-corrected chi connectivity index (χ0v) is 31.6. The lowest BCUT2D eigenvalue weighted by molar-refractivity contribution is 1.10. The number of rotatable bonds is 14. The van der Waals surface area contributed by atoms with Gasteiger partial charge in [-0.05, 0) is 98.6 Å². The van der Waals surface area contributed by atoms with E-state index in [-0.39, 0.29) is 0 Å². The second-order valence-corrected chi connectivity index (χ2v) is 12.8. The van der Waals surface area contributed by atoms with Gasteiger partial charge in [0, 0.05) is 7.05 Å². The van der Waals surface area contributed by atoms with Crippen LogP contribution in [0.5, 0.6) is 0 Å². The first kappa shape index (κ1) is 38.8. The molecule has 54 heavy (non-hydrogen) atoms. The maximum atomic E-state index is 3.17. The SMILES string of the molecule is CC\C=C/C=C\C=C\CC1=CC=CC=C(C(/C=C\NC)=C/C=C(\C=C/C=C/Cc2ccc3cc4ccccc4cc3c2)c2ccccc2)C=CC=CC=C1. The number of fused-ring (bicyclic) bond motifs is 2. The second kappa shape index (κ2) is 22.5. The van der Waals surface area contributed by atoms with Crippen molar-refractivity contribution in [3.05, 3.63) is 259 Å². The van der Waals surface area contributed by atoms with Crippen molar-refractivity contribution in [2.75, 3.05) is 7.05 Å². The molecule has 4 aromatic rings. The summed E-state index contributed by atoms with van der Waals surface area (Å²) < 4.78 is 0. The molecule has 1 N–H and O–H groups in total. The van der Waals surface area contributed by atoms with E-state index < -0.39 is 0 Å². The van der Waals surface area contributed by atoms with Gasteiger partial charge in [-0.1, -0.05) is 213 Å². The minimum Gasteiger partial charge on any atom is -0.394 e. The Morgan fingerprint density at radius 2 is 1.20 bits per heavy atom. The van der Waals surface area contributed by atoms with E-state index in [2.05, 4.69) is 237 Å². The fraction of sp³-hybridized carbons (Fsp3) is 0.0943. The minimum absolute atomic E-state index is 0.857. The van der Waals surface area contributed by atoms with E-state index in [1.165, 1.54) is 32.7 Å². The van der Waals surface area contributed by atoms with E-state index in [0.29, 0.717) is 0 Å². The lowest BCUT2D eigenvalue weighted by Crippen LogP contribution is -1.93. The van der Waals surface area contributed by atoms with Crippen molar-refractivity contribution in [1.29, 1.82) is 0 Å². The predicted octanol–water partition coefficient (Wildman–Crippen LogP) is 14.0. The monoisotopic (exact) mass is 701 g/mol. The number of benzene rings is 4. The first-order valence-electron chi connectivity index (χ1n) is 18.9. The van der Waals surface area contributed by atoms with Crippen molar-refractivity contribution in [2.45, 2.75) is 26.2 Å². The van der Waals surface area contributed by atoms with Crippen molar-refractivity contribution >= 4 is 27.1 Å². The minimum atomic E-state index is 0.857. The second-order valence-electron chi connectivity index (χ2n) is 12.8. The Hall–Kier alpha value is -6.44. The molecule has 1 nitrogen and oxygen atoms in total. The highest BCUT2D eigenvalue weighted by Crippen LogP contribution is 2.24. The van der Waals surface area contributed by atoms with Crippen molar-refractivity contribution in [3.63, 3.8) is 0 Å². The summed E-state index contributed by atoms with van der Waals surface area (Å²) in [6.45, 7) is 2.14. The van der Waals surface area contributed by atoms with Crippen molar-refractivity contribution in [3.8, 4) is 0 Å². The predicted molar refractivity (Wildman–Crippen MR) is 239 cm³/mol. The van der Waals surface area contributed by atoms with Crippen molar-refractivity contribution in [2.24, 2.45) is 0 Å². The third-order valence-electron chi connectivity index (χ3n) is 8.77. The molecule has 0 heterocycles. The van der Waals surface area contributed by atoms with Gasteiger partial charge in [0.2, 0.25) is 0 Å². The molecule has 0 amide bonds. The molecule has 0 unspecified atom stereocenters. The summed E-state index contributed by atoms with van der Waals surface area (Å²) in [5.41, 5.74) is 7.01. The van der Waals surface area contributed by atoms with Gasteiger partial charge in [0.1, 0.15) is 0 Å². The van der Waals surface area contributed by atoms with Crippen LogP contribution in [-0.4, -0.2) is 7.05 Å². The van der Waals surface area contributed by atoms with Gasteiger partial charge >= 0.3 is 0 Å². The Kier molecular flexibility index (Phi) is 16.1. The average Bonchev–Trinajstić information content (AvgIpc) is 3.20. The molecule has 0 aliphatic heterocycles. The molecule has 0 fully saturated rings. The number of hydrogen-bond acceptors (Lipinski definition) is 1. The van der Waals surface area contributed by atoms with Crippen LogP contribution in [0.1, 0.15) is 30.9 Å². The third kappa shape index (κ3) is 13.0. The molecule has 268 valence electrons. The van der Waals surface area contributed by atoms with Gasteiger partial charge in [0.15, 0.2) is 0 Å². The Bertz CT molecular complexity index is 2260. The van der Waals surface area contributed by atoms with Crippen LogP contribution in [0, 0.1) is 0 Å². The molecule has 0 radical (unpaired) electrons. The summed E-state index contributed by atoms with van der Waals surface area (Å²) in [5.74, 6) is 0. The lowest BCUT2D eigenvalue weighted by atomic mass is 10.00. The molecule has 0 atom stereocenters. The Labute approximate surface area is 323 Å². The van der Waals surface area contributed by atoms with Gasteiger partial charge in [0.25, 0.3) is 0 Å². The van der Waals surface area contributed by atoms with E-state index in [9.17, 15) is 0 Å². The smallest absolute Gasteiger partial charge is 0.00277 e. The van der Waals surface area contributed by atoms with Gasteiger partial charge in [-0.2, -0.15) is 0 Å². The summed E-state index contributed by atoms with van der Waals surface area (Å²) in [6.07, 6.45) is 53.9. The summed E-state index contributed by atoms with van der Waals surface area (Å²) >= 11 is 0. The zero-order chi connectivity index (χ0) is 37.5. The molecule has 0 aromatic heterocycles. The maximum Gasteiger partial charge on any atom is 0.00277 e. The van der Waals surface area contributed by atoms with E-state index >= 15 is 0 Å². The normalized spacial score (nSPS) is 14.8. The highest BCUT2D eigenvalue weighted by Gasteiger charge is 2.01. The summed E-state index contributed by atoms with van der Waals surface area (Å²) in [5, 5.41) is 8.28. The topological polar surface area (TPSA) is 12.0 Å². The first-order valence-corrected chi connectivity index (χ1v) is 18.9. The van der Waals surface area contributed by atoms with Gasteiger partial charge < -0.3 is 5.32 Å². The van der Waals surface area contributed by atoms with E-state index in [1.807, 2.05) is 13.2 Å².